The summed E-state index contributed by atoms with van der Waals surface area (Å²) in [5, 5.41) is 0. The molecule has 0 bridgehead atoms. The summed E-state index contributed by atoms with van der Waals surface area (Å²) in [5.74, 6) is -0.311. The highest BCUT2D eigenvalue weighted by molar-refractivity contribution is 7.47. The Morgan fingerprint density at radius 2 is 0.859 bits per heavy atom. The van der Waals surface area contributed by atoms with Crippen molar-refractivity contribution in [2.24, 2.45) is 0 Å². The quantitative estimate of drug-likeness (QED) is 0.0214. The first-order valence-electron chi connectivity index (χ1n) is 27.6. The van der Waals surface area contributed by atoms with Crippen molar-refractivity contribution in [1.29, 1.82) is 0 Å². The van der Waals surface area contributed by atoms with Gasteiger partial charge >= 0.3 is 13.8 Å². The van der Waals surface area contributed by atoms with Crippen molar-refractivity contribution in [3.05, 3.63) is 24.3 Å². The Morgan fingerprint density at radius 1 is 0.484 bits per heavy atom. The fourth-order valence-electron chi connectivity index (χ4n) is 8.00. The monoisotopic (exact) mass is 927 g/mol. The van der Waals surface area contributed by atoms with E-state index in [0.29, 0.717) is 24.1 Å². The van der Waals surface area contributed by atoms with Gasteiger partial charge in [-0.1, -0.05) is 237 Å². The molecule has 0 aliphatic rings. The predicted octanol–water partition coefficient (Wildman–Crippen LogP) is 17.1. The normalized spacial score (nSPS) is 13.7. The van der Waals surface area contributed by atoms with E-state index in [2.05, 4.69) is 38.2 Å². The number of carbonyl (C=O) groups is 1. The van der Waals surface area contributed by atoms with Gasteiger partial charge in [0, 0.05) is 13.0 Å². The number of unbranched alkanes of at least 4 members (excludes halogenated alkanes) is 34. The molecular formula is C55H109NO7P+. The van der Waals surface area contributed by atoms with Crippen LogP contribution in [0.4, 0.5) is 0 Å². The molecule has 0 aromatic carbocycles. The fraction of sp³-hybridized carbons (Fsp3) is 0.909. The maximum absolute atomic E-state index is 12.8. The van der Waals surface area contributed by atoms with Crippen LogP contribution in [0, 0.1) is 0 Å². The second-order valence-electron chi connectivity index (χ2n) is 20.0. The molecule has 64 heavy (non-hydrogen) atoms. The van der Waals surface area contributed by atoms with Gasteiger partial charge < -0.3 is 18.9 Å². The van der Waals surface area contributed by atoms with Gasteiger partial charge in [-0.15, -0.1) is 0 Å². The Morgan fingerprint density at radius 3 is 1.28 bits per heavy atom. The molecule has 8 nitrogen and oxygen atoms in total. The number of ether oxygens (including phenoxy) is 2. The van der Waals surface area contributed by atoms with Crippen LogP contribution in [0.3, 0.4) is 0 Å². The van der Waals surface area contributed by atoms with Gasteiger partial charge in [-0.2, -0.15) is 0 Å². The summed E-state index contributed by atoms with van der Waals surface area (Å²) in [5.41, 5.74) is 0. The molecule has 0 aromatic heterocycles. The van der Waals surface area contributed by atoms with Gasteiger partial charge in [0.15, 0.2) is 0 Å². The van der Waals surface area contributed by atoms with E-state index in [-0.39, 0.29) is 25.8 Å². The number of likely N-dealkylation sites (N-methyl/N-ethyl adjacent to an activating group) is 1. The van der Waals surface area contributed by atoms with E-state index in [1.165, 1.54) is 199 Å². The lowest BCUT2D eigenvalue weighted by Gasteiger charge is -2.24. The summed E-state index contributed by atoms with van der Waals surface area (Å²) >= 11 is 0. The summed E-state index contributed by atoms with van der Waals surface area (Å²) < 4.78 is 35.2. The van der Waals surface area contributed by atoms with E-state index in [4.69, 9.17) is 18.5 Å². The Bertz CT molecular complexity index is 1080. The molecular weight excluding hydrogens is 818 g/mol. The summed E-state index contributed by atoms with van der Waals surface area (Å²) in [6, 6.07) is 0. The number of phosphoric acid groups is 1. The molecule has 2 atom stereocenters. The number of hydrogen-bond acceptors (Lipinski definition) is 6. The Balaban J connectivity index is 4.05. The number of esters is 1. The van der Waals surface area contributed by atoms with Gasteiger partial charge in [0.25, 0.3) is 0 Å². The van der Waals surface area contributed by atoms with E-state index >= 15 is 0 Å². The highest BCUT2D eigenvalue weighted by Gasteiger charge is 2.26. The summed E-state index contributed by atoms with van der Waals surface area (Å²) in [6.07, 6.45) is 58.1. The molecule has 0 amide bonds. The van der Waals surface area contributed by atoms with Crippen molar-refractivity contribution in [2.75, 3.05) is 54.1 Å². The van der Waals surface area contributed by atoms with Crippen molar-refractivity contribution in [2.45, 2.75) is 270 Å². The second-order valence-corrected chi connectivity index (χ2v) is 21.4. The van der Waals surface area contributed by atoms with Crippen molar-refractivity contribution >= 4 is 13.8 Å². The largest absolute Gasteiger partial charge is 0.472 e. The van der Waals surface area contributed by atoms with E-state index in [9.17, 15) is 14.3 Å². The third kappa shape index (κ3) is 52.0. The van der Waals surface area contributed by atoms with Crippen molar-refractivity contribution in [3.8, 4) is 0 Å². The first-order chi connectivity index (χ1) is 31.1. The molecule has 0 aliphatic heterocycles. The molecule has 0 heterocycles. The average Bonchev–Trinajstić information content (AvgIpc) is 3.25. The van der Waals surface area contributed by atoms with Gasteiger partial charge in [-0.05, 0) is 44.9 Å². The Labute approximate surface area is 398 Å². The van der Waals surface area contributed by atoms with E-state index in [1.54, 1.807) is 0 Å². The molecule has 0 aromatic rings. The second kappa shape index (κ2) is 48.4. The number of allylic oxidation sites excluding steroid dienone is 4. The molecule has 0 fully saturated rings. The van der Waals surface area contributed by atoms with Crippen LogP contribution in [-0.4, -0.2) is 75.6 Å². The third-order valence-corrected chi connectivity index (χ3v) is 13.2. The van der Waals surface area contributed by atoms with Crippen LogP contribution in [0.1, 0.15) is 264 Å². The number of rotatable bonds is 52. The number of quaternary nitrogens is 1. The molecule has 0 rings (SSSR count). The number of carbonyl (C=O) groups excluding carboxylic acids is 1. The molecule has 1 N–H and O–H groups in total. The van der Waals surface area contributed by atoms with E-state index in [1.807, 2.05) is 21.1 Å². The van der Waals surface area contributed by atoms with Crippen LogP contribution < -0.4 is 0 Å². The van der Waals surface area contributed by atoms with Crippen LogP contribution in [-0.2, 0) is 27.9 Å². The van der Waals surface area contributed by atoms with Gasteiger partial charge in [0.2, 0.25) is 0 Å². The lowest BCUT2D eigenvalue weighted by Crippen LogP contribution is -2.37. The summed E-state index contributed by atoms with van der Waals surface area (Å²) in [7, 11) is 1.67. The zero-order chi connectivity index (χ0) is 46.9. The Hall–Kier alpha value is -1.02. The molecule has 9 heteroatoms. The minimum atomic E-state index is -4.28. The molecule has 0 radical (unpaired) electrons. The first-order valence-corrected chi connectivity index (χ1v) is 29.1. The number of nitrogens with zero attached hydrogens (tertiary/aromatic N) is 1. The fourth-order valence-corrected chi connectivity index (χ4v) is 8.74. The van der Waals surface area contributed by atoms with Crippen molar-refractivity contribution < 1.29 is 37.3 Å². The van der Waals surface area contributed by atoms with Crippen molar-refractivity contribution in [1.82, 2.24) is 0 Å². The summed E-state index contributed by atoms with van der Waals surface area (Å²) in [6.45, 7) is 5.64. The molecule has 0 spiro atoms. The van der Waals surface area contributed by atoms with Crippen LogP contribution in [0.5, 0.6) is 0 Å². The van der Waals surface area contributed by atoms with Gasteiger partial charge in [-0.25, -0.2) is 4.57 Å². The van der Waals surface area contributed by atoms with E-state index < -0.39 is 13.9 Å². The predicted molar refractivity (Wildman–Crippen MR) is 275 cm³/mol. The molecule has 380 valence electrons. The minimum absolute atomic E-state index is 0.0887. The maximum atomic E-state index is 12.8. The van der Waals surface area contributed by atoms with Crippen LogP contribution >= 0.6 is 7.82 Å². The SMILES string of the molecule is CCCCCC/C=C\C/C=C\CCCCCCCCOCC(COP(=O)(O)OCC[N+](C)(C)C)OC(=O)CCCCCCCCCCCCCCCCCCCCCCCCCCC. The maximum Gasteiger partial charge on any atom is 0.472 e. The standard InChI is InChI=1S/C55H108NO7P/c1-6-8-10-12-14-16-18-20-22-24-25-26-27-28-29-30-31-32-34-36-38-40-42-44-46-48-55(57)63-54(53-62-64(58,59)61-51-49-56(3,4)5)52-60-50-47-45-43-41-39-37-35-33-23-21-19-17-15-13-11-9-7-2/h17,19,23,33,54H,6-16,18,20-22,24-32,34-53H2,1-5H3/p+1/b19-17-,33-23-. The smallest absolute Gasteiger partial charge is 0.457 e. The minimum Gasteiger partial charge on any atom is -0.457 e. The number of hydrogen-bond donors (Lipinski definition) is 1. The van der Waals surface area contributed by atoms with E-state index in [0.717, 1.165) is 44.9 Å². The molecule has 0 aliphatic carbocycles. The third-order valence-electron chi connectivity index (χ3n) is 12.3. The molecule has 0 saturated heterocycles. The van der Waals surface area contributed by atoms with Gasteiger partial charge in [0.05, 0.1) is 34.4 Å². The van der Waals surface area contributed by atoms with Crippen LogP contribution in [0.25, 0.3) is 0 Å². The zero-order valence-corrected chi connectivity index (χ0v) is 44.2. The lowest BCUT2D eigenvalue weighted by atomic mass is 10.0. The lowest BCUT2D eigenvalue weighted by molar-refractivity contribution is -0.870. The summed E-state index contributed by atoms with van der Waals surface area (Å²) in [4.78, 5) is 23.0. The van der Waals surface area contributed by atoms with Crippen LogP contribution in [0.2, 0.25) is 0 Å². The highest BCUT2D eigenvalue weighted by Crippen LogP contribution is 2.43. The van der Waals surface area contributed by atoms with Gasteiger partial charge in [0.1, 0.15) is 19.3 Å². The number of phosphoric ester groups is 1. The van der Waals surface area contributed by atoms with Crippen molar-refractivity contribution in [3.63, 3.8) is 0 Å². The topological polar surface area (TPSA) is 91.3 Å². The average molecular weight is 927 g/mol. The zero-order valence-electron chi connectivity index (χ0n) is 43.3. The van der Waals surface area contributed by atoms with Gasteiger partial charge in [-0.3, -0.25) is 13.8 Å². The highest BCUT2D eigenvalue weighted by atomic mass is 31.2. The molecule has 2 unspecified atom stereocenters. The van der Waals surface area contributed by atoms with Crippen LogP contribution in [0.15, 0.2) is 24.3 Å². The first kappa shape index (κ1) is 63.0. The Kier molecular flexibility index (Phi) is 47.7. The molecule has 0 saturated carbocycles.